The number of thioether (sulfide) groups is 6. The van der Waals surface area contributed by atoms with Gasteiger partial charge in [0.15, 0.2) is 0 Å². The smallest absolute Gasteiger partial charge is 0.214 e. The van der Waals surface area contributed by atoms with Gasteiger partial charge in [0.05, 0.1) is 9.16 Å². The lowest BCUT2D eigenvalue weighted by molar-refractivity contribution is -0.108. The highest BCUT2D eigenvalue weighted by Gasteiger charge is 2.33. The van der Waals surface area contributed by atoms with Crippen LogP contribution in [0, 0.1) is 11.8 Å². The summed E-state index contributed by atoms with van der Waals surface area (Å²) in [6, 6.07) is 0. The number of rotatable bonds is 10. The average molecular weight is 549 g/mol. The van der Waals surface area contributed by atoms with Gasteiger partial charge < -0.3 is 0 Å². The fraction of sp³-hybridized carbons (Fsp3) is 0.750. The molecule has 0 spiro atoms. The molecule has 2 nitrogen and oxygen atoms in total. The molecule has 0 radical (unpaired) electrons. The molecule has 8 heteroatoms. The second kappa shape index (κ2) is 13.9. The lowest BCUT2D eigenvalue weighted by Crippen LogP contribution is -2.19. The lowest BCUT2D eigenvalue weighted by atomic mass is 9.80. The Morgan fingerprint density at radius 3 is 1.47 bits per heavy atom. The van der Waals surface area contributed by atoms with E-state index in [9.17, 15) is 9.59 Å². The van der Waals surface area contributed by atoms with Crippen LogP contribution in [0.1, 0.15) is 52.4 Å². The maximum absolute atomic E-state index is 11.8. The zero-order chi connectivity index (χ0) is 23.1. The van der Waals surface area contributed by atoms with Crippen LogP contribution in [0.5, 0.6) is 0 Å². The van der Waals surface area contributed by atoms with Crippen molar-refractivity contribution in [1.29, 1.82) is 0 Å². The minimum Gasteiger partial charge on any atom is -0.282 e. The van der Waals surface area contributed by atoms with Gasteiger partial charge in [0.2, 0.25) is 10.2 Å². The van der Waals surface area contributed by atoms with Gasteiger partial charge in [-0.25, -0.2) is 0 Å². The van der Waals surface area contributed by atoms with Gasteiger partial charge in [0.25, 0.3) is 0 Å². The van der Waals surface area contributed by atoms with E-state index in [2.05, 4.69) is 60.2 Å². The molecule has 0 N–H and O–H groups in total. The summed E-state index contributed by atoms with van der Waals surface area (Å²) in [4.78, 5) is 23.6. The van der Waals surface area contributed by atoms with Gasteiger partial charge in [-0.15, -0.1) is 47.0 Å². The summed E-state index contributed by atoms with van der Waals surface area (Å²) in [5.41, 5.74) is 1.33. The Morgan fingerprint density at radius 2 is 1.12 bits per heavy atom. The van der Waals surface area contributed by atoms with E-state index in [-0.39, 0.29) is 10.2 Å². The third-order valence-electron chi connectivity index (χ3n) is 6.14. The summed E-state index contributed by atoms with van der Waals surface area (Å²) in [5.74, 6) is 6.03. The van der Waals surface area contributed by atoms with Gasteiger partial charge in [-0.1, -0.05) is 62.4 Å². The molecule has 3 rings (SSSR count). The van der Waals surface area contributed by atoms with E-state index in [4.69, 9.17) is 0 Å². The SMILES string of the molecule is C=C(C)C(=O)SCC1CSC(CC2CCC(CC3SCC(CSC(=O)C(=C)C)S3)CC2)S1. The maximum atomic E-state index is 11.8. The van der Waals surface area contributed by atoms with E-state index in [1.807, 2.05) is 0 Å². The Morgan fingerprint density at radius 1 is 0.750 bits per heavy atom. The zero-order valence-electron chi connectivity index (χ0n) is 19.2. The molecule has 0 aromatic carbocycles. The Kier molecular flexibility index (Phi) is 11.9. The number of carbonyl (C=O) groups is 2. The zero-order valence-corrected chi connectivity index (χ0v) is 24.1. The number of hydrogen-bond donors (Lipinski definition) is 0. The van der Waals surface area contributed by atoms with Crippen LogP contribution in [-0.2, 0) is 9.59 Å². The van der Waals surface area contributed by atoms with Crippen molar-refractivity contribution in [3.8, 4) is 0 Å². The molecule has 2 saturated heterocycles. The molecule has 0 aromatic rings. The molecular formula is C24H36O2S6. The summed E-state index contributed by atoms with van der Waals surface area (Å²) < 4.78 is 1.45. The molecule has 0 aromatic heterocycles. The first-order valence-corrected chi connectivity index (χ1v) is 17.4. The number of hydrogen-bond acceptors (Lipinski definition) is 8. The molecule has 180 valence electrons. The molecule has 3 fully saturated rings. The Labute approximate surface area is 220 Å². The highest BCUT2D eigenvalue weighted by Crippen LogP contribution is 2.48. The maximum Gasteiger partial charge on any atom is 0.214 e. The van der Waals surface area contributed by atoms with Crippen LogP contribution in [-0.4, -0.2) is 52.9 Å². The predicted molar refractivity (Wildman–Crippen MR) is 154 cm³/mol. The Balaban J connectivity index is 1.27. The fourth-order valence-electron chi connectivity index (χ4n) is 4.27. The van der Waals surface area contributed by atoms with Crippen LogP contribution in [0.25, 0.3) is 0 Å². The highest BCUT2D eigenvalue weighted by atomic mass is 32.2. The number of carbonyl (C=O) groups excluding carboxylic acids is 2. The van der Waals surface area contributed by atoms with Crippen molar-refractivity contribution in [3.63, 3.8) is 0 Å². The molecule has 4 unspecified atom stereocenters. The minimum atomic E-state index is 0.154. The van der Waals surface area contributed by atoms with Crippen molar-refractivity contribution >= 4 is 80.8 Å². The lowest BCUT2D eigenvalue weighted by Gasteiger charge is -2.31. The van der Waals surface area contributed by atoms with Crippen LogP contribution in [0.15, 0.2) is 24.3 Å². The topological polar surface area (TPSA) is 34.1 Å². The average Bonchev–Trinajstić information content (AvgIpc) is 3.40. The van der Waals surface area contributed by atoms with Crippen LogP contribution in [0.4, 0.5) is 0 Å². The van der Waals surface area contributed by atoms with Crippen molar-refractivity contribution in [2.75, 3.05) is 23.0 Å². The van der Waals surface area contributed by atoms with Crippen molar-refractivity contribution in [3.05, 3.63) is 24.3 Å². The molecule has 0 bridgehead atoms. The first-order valence-electron chi connectivity index (χ1n) is 11.5. The molecule has 32 heavy (non-hydrogen) atoms. The molecule has 1 saturated carbocycles. The summed E-state index contributed by atoms with van der Waals surface area (Å²) in [6.07, 6.45) is 8.27. The standard InChI is InChI=1S/C24H36O2S6/c1-15(2)23(25)29-13-19-11-27-21(31-19)9-17-5-7-18(8-6-17)10-22-28-12-20(32-22)14-30-24(26)16(3)4/h17-22H,1,3,5-14H2,2,4H3. The van der Waals surface area contributed by atoms with Gasteiger partial charge in [-0.2, -0.15) is 0 Å². The minimum absolute atomic E-state index is 0.154. The Bertz CT molecular complexity index is 630. The van der Waals surface area contributed by atoms with Gasteiger partial charge in [0, 0.05) is 33.5 Å². The molecule has 3 aliphatic rings. The molecular weight excluding hydrogens is 513 g/mol. The monoisotopic (exact) mass is 548 g/mol. The molecule has 1 aliphatic carbocycles. The first kappa shape index (κ1) is 27.5. The van der Waals surface area contributed by atoms with Gasteiger partial charge in [0.1, 0.15) is 0 Å². The van der Waals surface area contributed by atoms with Crippen molar-refractivity contribution in [1.82, 2.24) is 0 Å². The second-order valence-corrected chi connectivity index (χ2v) is 17.2. The first-order chi connectivity index (χ1) is 15.3. The van der Waals surface area contributed by atoms with E-state index >= 15 is 0 Å². The van der Waals surface area contributed by atoms with E-state index in [0.717, 1.165) is 32.5 Å². The quantitative estimate of drug-likeness (QED) is 0.258. The molecule has 0 amide bonds. The van der Waals surface area contributed by atoms with E-state index in [0.29, 0.717) is 21.6 Å². The fourth-order valence-corrected chi connectivity index (χ4v) is 13.7. The summed E-state index contributed by atoms with van der Waals surface area (Å²) in [7, 11) is 0. The summed E-state index contributed by atoms with van der Waals surface area (Å²) >= 11 is 11.4. The van der Waals surface area contributed by atoms with Crippen LogP contribution >= 0.6 is 70.6 Å². The van der Waals surface area contributed by atoms with Crippen LogP contribution in [0.3, 0.4) is 0 Å². The van der Waals surface area contributed by atoms with Crippen molar-refractivity contribution in [2.45, 2.75) is 72.0 Å². The summed E-state index contributed by atoms with van der Waals surface area (Å²) in [5, 5.41) is 1.54. The predicted octanol–water partition coefficient (Wildman–Crippen LogP) is 7.59. The van der Waals surface area contributed by atoms with Crippen molar-refractivity contribution in [2.24, 2.45) is 11.8 Å². The Hall–Kier alpha value is 0.920. The van der Waals surface area contributed by atoms with E-state index in [1.165, 1.54) is 73.6 Å². The molecule has 4 atom stereocenters. The molecule has 2 aliphatic heterocycles. The highest BCUT2D eigenvalue weighted by molar-refractivity contribution is 8.22. The van der Waals surface area contributed by atoms with E-state index < -0.39 is 0 Å². The van der Waals surface area contributed by atoms with Gasteiger partial charge in [-0.3, -0.25) is 9.59 Å². The van der Waals surface area contributed by atoms with E-state index in [1.54, 1.807) is 13.8 Å². The van der Waals surface area contributed by atoms with Crippen LogP contribution < -0.4 is 0 Å². The van der Waals surface area contributed by atoms with Crippen molar-refractivity contribution < 1.29 is 9.59 Å². The van der Waals surface area contributed by atoms with Gasteiger partial charge >= 0.3 is 0 Å². The summed E-state index contributed by atoms with van der Waals surface area (Å²) in [6.45, 7) is 11.1. The van der Waals surface area contributed by atoms with Crippen LogP contribution in [0.2, 0.25) is 0 Å². The third kappa shape index (κ3) is 9.18. The largest absolute Gasteiger partial charge is 0.282 e. The molecule has 2 heterocycles. The normalized spacial score (nSPS) is 32.7. The second-order valence-electron chi connectivity index (χ2n) is 9.16. The van der Waals surface area contributed by atoms with Gasteiger partial charge in [-0.05, 0) is 49.7 Å². The third-order valence-corrected chi connectivity index (χ3v) is 15.6.